The number of likely N-dealkylation sites (tertiary alicyclic amines) is 1. The van der Waals surface area contributed by atoms with Gasteiger partial charge in [-0.15, -0.1) is 0 Å². The van der Waals surface area contributed by atoms with E-state index in [1.807, 2.05) is 0 Å². The van der Waals surface area contributed by atoms with Crippen molar-refractivity contribution >= 4 is 0 Å². The first-order valence-corrected chi connectivity index (χ1v) is 6.77. The molecule has 1 unspecified atom stereocenters. The lowest BCUT2D eigenvalue weighted by Crippen LogP contribution is -2.36. The molecular weight excluding hydrogens is 184 g/mol. The Bertz CT molecular complexity index is 175. The monoisotopic (exact) mass is 210 g/mol. The van der Waals surface area contributed by atoms with Crippen LogP contribution in [0.4, 0.5) is 0 Å². The molecule has 2 aliphatic heterocycles. The van der Waals surface area contributed by atoms with E-state index in [9.17, 15) is 0 Å². The van der Waals surface area contributed by atoms with Crippen molar-refractivity contribution in [3.05, 3.63) is 0 Å². The number of nitrogens with one attached hydrogen (secondary N) is 1. The molecule has 1 atom stereocenters. The second-order valence-electron chi connectivity index (χ2n) is 5.53. The van der Waals surface area contributed by atoms with Crippen molar-refractivity contribution in [2.24, 2.45) is 11.8 Å². The van der Waals surface area contributed by atoms with E-state index in [-0.39, 0.29) is 0 Å². The predicted octanol–water partition coefficient (Wildman–Crippen LogP) is 2.11. The van der Waals surface area contributed by atoms with Crippen LogP contribution in [0.15, 0.2) is 0 Å². The van der Waals surface area contributed by atoms with Gasteiger partial charge in [0.05, 0.1) is 0 Å². The Balaban J connectivity index is 1.63. The molecule has 0 aliphatic carbocycles. The van der Waals surface area contributed by atoms with Crippen LogP contribution in [0.2, 0.25) is 0 Å². The topological polar surface area (TPSA) is 15.3 Å². The van der Waals surface area contributed by atoms with Gasteiger partial charge >= 0.3 is 0 Å². The van der Waals surface area contributed by atoms with Crippen LogP contribution >= 0.6 is 0 Å². The van der Waals surface area contributed by atoms with Gasteiger partial charge in [0, 0.05) is 6.54 Å². The summed E-state index contributed by atoms with van der Waals surface area (Å²) in [7, 11) is 0. The molecule has 15 heavy (non-hydrogen) atoms. The highest BCUT2D eigenvalue weighted by Gasteiger charge is 2.18. The number of nitrogens with zero attached hydrogens (tertiary/aromatic N) is 1. The van der Waals surface area contributed by atoms with Gasteiger partial charge in [-0.1, -0.05) is 6.92 Å². The number of piperidine rings is 2. The molecule has 88 valence electrons. The first kappa shape index (κ1) is 11.4. The fraction of sp³-hybridized carbons (Fsp3) is 1.00. The molecule has 2 nitrogen and oxygen atoms in total. The minimum Gasteiger partial charge on any atom is -0.317 e. The molecule has 2 fully saturated rings. The minimum absolute atomic E-state index is 0.937. The van der Waals surface area contributed by atoms with E-state index in [4.69, 9.17) is 0 Å². The van der Waals surface area contributed by atoms with Gasteiger partial charge in [-0.2, -0.15) is 0 Å². The zero-order valence-electron chi connectivity index (χ0n) is 10.2. The van der Waals surface area contributed by atoms with Crippen LogP contribution in [0.25, 0.3) is 0 Å². The molecule has 0 spiro atoms. The van der Waals surface area contributed by atoms with Gasteiger partial charge in [0.15, 0.2) is 0 Å². The molecule has 2 aliphatic rings. The molecule has 2 rings (SSSR count). The van der Waals surface area contributed by atoms with Gasteiger partial charge in [-0.05, 0) is 70.1 Å². The van der Waals surface area contributed by atoms with Crippen molar-refractivity contribution in [2.75, 3.05) is 32.7 Å². The van der Waals surface area contributed by atoms with Crippen LogP contribution < -0.4 is 5.32 Å². The quantitative estimate of drug-likeness (QED) is 0.767. The maximum Gasteiger partial charge on any atom is 0.000703 e. The lowest BCUT2D eigenvalue weighted by Gasteiger charge is -2.32. The van der Waals surface area contributed by atoms with Crippen molar-refractivity contribution < 1.29 is 0 Å². The number of rotatable bonds is 3. The lowest BCUT2D eigenvalue weighted by atomic mass is 9.93. The molecule has 0 amide bonds. The largest absolute Gasteiger partial charge is 0.317 e. The van der Waals surface area contributed by atoms with E-state index in [1.54, 1.807) is 0 Å². The summed E-state index contributed by atoms with van der Waals surface area (Å²) in [5.41, 5.74) is 0. The Morgan fingerprint density at radius 3 is 2.73 bits per heavy atom. The molecule has 2 heteroatoms. The summed E-state index contributed by atoms with van der Waals surface area (Å²) in [6.45, 7) is 8.97. The molecule has 0 bridgehead atoms. The Morgan fingerprint density at radius 1 is 1.20 bits per heavy atom. The van der Waals surface area contributed by atoms with Gasteiger partial charge in [0.25, 0.3) is 0 Å². The maximum absolute atomic E-state index is 3.45. The van der Waals surface area contributed by atoms with Gasteiger partial charge < -0.3 is 10.2 Å². The average Bonchev–Trinajstić information content (AvgIpc) is 2.28. The number of hydrogen-bond acceptors (Lipinski definition) is 2. The van der Waals surface area contributed by atoms with Crippen LogP contribution in [-0.4, -0.2) is 37.6 Å². The SMILES string of the molecule is CC1CCCN(CCC2CCNCC2)C1. The summed E-state index contributed by atoms with van der Waals surface area (Å²) in [6, 6.07) is 0. The third-order valence-electron chi connectivity index (χ3n) is 4.05. The zero-order chi connectivity index (χ0) is 10.5. The minimum atomic E-state index is 0.937. The molecule has 1 N–H and O–H groups in total. The highest BCUT2D eigenvalue weighted by molar-refractivity contribution is 4.73. The third kappa shape index (κ3) is 3.76. The second-order valence-corrected chi connectivity index (χ2v) is 5.53. The molecular formula is C13H26N2. The summed E-state index contributed by atoms with van der Waals surface area (Å²) >= 11 is 0. The smallest absolute Gasteiger partial charge is 0.000703 e. The van der Waals surface area contributed by atoms with E-state index < -0.39 is 0 Å². The van der Waals surface area contributed by atoms with Crippen LogP contribution in [0, 0.1) is 11.8 Å². The highest BCUT2D eigenvalue weighted by atomic mass is 15.1. The van der Waals surface area contributed by atoms with Crippen molar-refractivity contribution in [1.82, 2.24) is 10.2 Å². The standard InChI is InChI=1S/C13H26N2/c1-12-3-2-9-15(11-12)10-6-13-4-7-14-8-5-13/h12-14H,2-11H2,1H3. The summed E-state index contributed by atoms with van der Waals surface area (Å²) in [5.74, 6) is 1.94. The fourth-order valence-corrected chi connectivity index (χ4v) is 3.03. The van der Waals surface area contributed by atoms with Crippen molar-refractivity contribution in [1.29, 1.82) is 0 Å². The summed E-state index contributed by atoms with van der Waals surface area (Å²) in [5, 5.41) is 3.45. The van der Waals surface area contributed by atoms with E-state index >= 15 is 0 Å². The van der Waals surface area contributed by atoms with E-state index in [0.29, 0.717) is 0 Å². The van der Waals surface area contributed by atoms with E-state index in [0.717, 1.165) is 11.8 Å². The Hall–Kier alpha value is -0.0800. The van der Waals surface area contributed by atoms with Gasteiger partial charge in [-0.25, -0.2) is 0 Å². The molecule has 0 saturated carbocycles. The summed E-state index contributed by atoms with van der Waals surface area (Å²) in [6.07, 6.45) is 7.12. The molecule has 0 aromatic heterocycles. The highest BCUT2D eigenvalue weighted by Crippen LogP contribution is 2.19. The molecule has 0 aromatic rings. The van der Waals surface area contributed by atoms with Crippen molar-refractivity contribution in [2.45, 2.75) is 39.0 Å². The molecule has 2 saturated heterocycles. The van der Waals surface area contributed by atoms with Crippen molar-refractivity contribution in [3.8, 4) is 0 Å². The number of hydrogen-bond donors (Lipinski definition) is 1. The lowest BCUT2D eigenvalue weighted by molar-refractivity contribution is 0.167. The predicted molar refractivity (Wildman–Crippen MR) is 65.0 cm³/mol. The van der Waals surface area contributed by atoms with Gasteiger partial charge in [0.2, 0.25) is 0 Å². The Kier molecular flexibility index (Phi) is 4.45. The van der Waals surface area contributed by atoms with Crippen LogP contribution in [0.5, 0.6) is 0 Å². The van der Waals surface area contributed by atoms with Crippen molar-refractivity contribution in [3.63, 3.8) is 0 Å². The van der Waals surface area contributed by atoms with Gasteiger partial charge in [-0.3, -0.25) is 0 Å². The van der Waals surface area contributed by atoms with E-state index in [1.165, 1.54) is 64.8 Å². The summed E-state index contributed by atoms with van der Waals surface area (Å²) < 4.78 is 0. The van der Waals surface area contributed by atoms with Crippen LogP contribution in [0.3, 0.4) is 0 Å². The normalized spacial score (nSPS) is 30.6. The molecule has 0 radical (unpaired) electrons. The average molecular weight is 210 g/mol. The first-order chi connectivity index (χ1) is 7.34. The Labute approximate surface area is 94.4 Å². The maximum atomic E-state index is 3.45. The fourth-order valence-electron chi connectivity index (χ4n) is 3.03. The zero-order valence-corrected chi connectivity index (χ0v) is 10.2. The third-order valence-corrected chi connectivity index (χ3v) is 4.05. The Morgan fingerprint density at radius 2 is 2.00 bits per heavy atom. The first-order valence-electron chi connectivity index (χ1n) is 6.77. The summed E-state index contributed by atoms with van der Waals surface area (Å²) in [4.78, 5) is 2.69. The van der Waals surface area contributed by atoms with Crippen LogP contribution in [0.1, 0.15) is 39.0 Å². The molecule has 2 heterocycles. The molecule has 0 aromatic carbocycles. The second kappa shape index (κ2) is 5.86. The van der Waals surface area contributed by atoms with Crippen LogP contribution in [-0.2, 0) is 0 Å². The van der Waals surface area contributed by atoms with E-state index in [2.05, 4.69) is 17.1 Å². The van der Waals surface area contributed by atoms with Gasteiger partial charge in [0.1, 0.15) is 0 Å².